The lowest BCUT2D eigenvalue weighted by Crippen LogP contribution is -2.28. The molecule has 0 fully saturated rings. The van der Waals surface area contributed by atoms with E-state index in [0.717, 1.165) is 30.5 Å². The van der Waals surface area contributed by atoms with Crippen LogP contribution in [0.15, 0.2) is 18.2 Å². The topological polar surface area (TPSA) is 75.3 Å². The molecule has 0 atom stereocenters. The van der Waals surface area contributed by atoms with Gasteiger partial charge in [-0.1, -0.05) is 0 Å². The lowest BCUT2D eigenvalue weighted by atomic mass is 10.1. The maximum Gasteiger partial charge on any atom is 0.251 e. The number of benzene rings is 1. The molecule has 6 heteroatoms. The van der Waals surface area contributed by atoms with Gasteiger partial charge in [-0.3, -0.25) is 4.79 Å². The summed E-state index contributed by atoms with van der Waals surface area (Å²) in [4.78, 5) is 11.8. The number of sulfone groups is 1. The van der Waals surface area contributed by atoms with E-state index in [1.54, 1.807) is 6.07 Å². The summed E-state index contributed by atoms with van der Waals surface area (Å²) in [5.74, 6) is -0.265. The second-order valence-corrected chi connectivity index (χ2v) is 6.69. The maximum absolute atomic E-state index is 11.8. The zero-order valence-electron chi connectivity index (χ0n) is 10.2. The van der Waals surface area contributed by atoms with Crippen LogP contribution in [-0.4, -0.2) is 39.4 Å². The first-order valence-corrected chi connectivity index (χ1v) is 7.84. The summed E-state index contributed by atoms with van der Waals surface area (Å²) in [6.45, 7) is 1.04. The van der Waals surface area contributed by atoms with E-state index in [4.69, 9.17) is 0 Å². The molecule has 0 saturated heterocycles. The molecule has 1 aromatic rings. The third kappa shape index (κ3) is 3.22. The van der Waals surface area contributed by atoms with Crippen molar-refractivity contribution in [1.82, 2.24) is 5.32 Å². The SMILES string of the molecule is CS(=O)(=O)CCNC(=O)c1ccc2c(c1)CCN2. The van der Waals surface area contributed by atoms with Gasteiger partial charge in [0.1, 0.15) is 9.84 Å². The van der Waals surface area contributed by atoms with Crippen LogP contribution < -0.4 is 10.6 Å². The highest BCUT2D eigenvalue weighted by Crippen LogP contribution is 2.22. The van der Waals surface area contributed by atoms with Gasteiger partial charge in [-0.25, -0.2) is 8.42 Å². The average Bonchev–Trinajstić information content (AvgIpc) is 2.73. The summed E-state index contributed by atoms with van der Waals surface area (Å²) < 4.78 is 21.9. The number of nitrogens with one attached hydrogen (secondary N) is 2. The fourth-order valence-corrected chi connectivity index (χ4v) is 2.37. The highest BCUT2D eigenvalue weighted by Gasteiger charge is 2.13. The minimum Gasteiger partial charge on any atom is -0.384 e. The average molecular weight is 268 g/mol. The Hall–Kier alpha value is -1.56. The van der Waals surface area contributed by atoms with E-state index < -0.39 is 9.84 Å². The Morgan fingerprint density at radius 1 is 1.44 bits per heavy atom. The van der Waals surface area contributed by atoms with Crippen LogP contribution in [0.2, 0.25) is 0 Å². The van der Waals surface area contributed by atoms with Crippen molar-refractivity contribution in [2.45, 2.75) is 6.42 Å². The standard InChI is InChI=1S/C12H16N2O3S/c1-18(16,17)7-6-14-12(15)10-2-3-11-9(8-10)4-5-13-11/h2-3,8,13H,4-7H2,1H3,(H,14,15). The van der Waals surface area contributed by atoms with E-state index >= 15 is 0 Å². The van der Waals surface area contributed by atoms with E-state index in [1.807, 2.05) is 12.1 Å². The number of amides is 1. The first-order chi connectivity index (χ1) is 8.46. The van der Waals surface area contributed by atoms with E-state index in [-0.39, 0.29) is 18.2 Å². The Balaban J connectivity index is 1.97. The predicted molar refractivity (Wildman–Crippen MR) is 70.7 cm³/mol. The highest BCUT2D eigenvalue weighted by molar-refractivity contribution is 7.90. The van der Waals surface area contributed by atoms with Crippen molar-refractivity contribution in [3.63, 3.8) is 0 Å². The van der Waals surface area contributed by atoms with Crippen LogP contribution in [0.5, 0.6) is 0 Å². The molecule has 0 spiro atoms. The fourth-order valence-electron chi connectivity index (χ4n) is 1.90. The molecule has 1 aliphatic heterocycles. The Kier molecular flexibility index (Phi) is 3.56. The van der Waals surface area contributed by atoms with Crippen LogP contribution in [-0.2, 0) is 16.3 Å². The van der Waals surface area contributed by atoms with Crippen molar-refractivity contribution in [2.75, 3.05) is 30.4 Å². The Morgan fingerprint density at radius 2 is 2.22 bits per heavy atom. The molecule has 5 nitrogen and oxygen atoms in total. The van der Waals surface area contributed by atoms with E-state index in [0.29, 0.717) is 5.56 Å². The summed E-state index contributed by atoms with van der Waals surface area (Å²) in [5, 5.41) is 5.83. The summed E-state index contributed by atoms with van der Waals surface area (Å²) in [7, 11) is -3.04. The molecule has 2 N–H and O–H groups in total. The van der Waals surface area contributed by atoms with Gasteiger partial charge in [-0.2, -0.15) is 0 Å². The minimum atomic E-state index is -3.04. The van der Waals surface area contributed by atoms with Crippen LogP contribution in [0.1, 0.15) is 15.9 Å². The predicted octanol–water partition coefficient (Wildman–Crippen LogP) is 0.429. The normalized spacial score (nSPS) is 13.8. The van der Waals surface area contributed by atoms with E-state index in [9.17, 15) is 13.2 Å². The molecule has 2 rings (SSSR count). The minimum absolute atomic E-state index is 0.0365. The van der Waals surface area contributed by atoms with Gasteiger partial charge in [0, 0.05) is 30.6 Å². The summed E-state index contributed by atoms with van der Waals surface area (Å²) in [6, 6.07) is 5.48. The number of hydrogen-bond donors (Lipinski definition) is 2. The first-order valence-electron chi connectivity index (χ1n) is 5.78. The van der Waals surface area contributed by atoms with E-state index in [2.05, 4.69) is 10.6 Å². The van der Waals surface area contributed by atoms with Gasteiger partial charge in [0.05, 0.1) is 5.75 Å². The number of anilines is 1. The lowest BCUT2D eigenvalue weighted by molar-refractivity contribution is 0.0956. The number of rotatable bonds is 4. The van der Waals surface area contributed by atoms with Gasteiger partial charge < -0.3 is 10.6 Å². The lowest BCUT2D eigenvalue weighted by Gasteiger charge is -2.06. The Bertz CT molecular complexity index is 567. The monoisotopic (exact) mass is 268 g/mol. The van der Waals surface area contributed by atoms with Crippen molar-refractivity contribution in [3.05, 3.63) is 29.3 Å². The van der Waals surface area contributed by atoms with Gasteiger partial charge in [0.25, 0.3) is 5.91 Å². The zero-order chi connectivity index (χ0) is 13.2. The first kappa shape index (κ1) is 12.9. The van der Waals surface area contributed by atoms with Gasteiger partial charge in [0.15, 0.2) is 0 Å². The maximum atomic E-state index is 11.8. The smallest absolute Gasteiger partial charge is 0.251 e. The molecule has 1 heterocycles. The van der Waals surface area contributed by atoms with Crippen molar-refractivity contribution in [2.24, 2.45) is 0 Å². The molecule has 1 aliphatic rings. The van der Waals surface area contributed by atoms with Gasteiger partial charge in [-0.05, 0) is 30.2 Å². The molecular formula is C12H16N2O3S. The zero-order valence-corrected chi connectivity index (χ0v) is 11.0. The van der Waals surface area contributed by atoms with Crippen molar-refractivity contribution in [3.8, 4) is 0 Å². The molecular weight excluding hydrogens is 252 g/mol. The molecule has 98 valence electrons. The van der Waals surface area contributed by atoms with Crippen molar-refractivity contribution < 1.29 is 13.2 Å². The quantitative estimate of drug-likeness (QED) is 0.830. The van der Waals surface area contributed by atoms with Crippen LogP contribution in [0.4, 0.5) is 5.69 Å². The number of fused-ring (bicyclic) bond motifs is 1. The Labute approximate surface area is 107 Å². The molecule has 0 saturated carbocycles. The molecule has 0 radical (unpaired) electrons. The molecule has 1 amide bonds. The van der Waals surface area contributed by atoms with Gasteiger partial charge in [-0.15, -0.1) is 0 Å². The van der Waals surface area contributed by atoms with Crippen molar-refractivity contribution >= 4 is 21.4 Å². The Morgan fingerprint density at radius 3 is 2.94 bits per heavy atom. The van der Waals surface area contributed by atoms with Gasteiger partial charge in [0.2, 0.25) is 0 Å². The van der Waals surface area contributed by atoms with Crippen LogP contribution >= 0.6 is 0 Å². The summed E-state index contributed by atoms with van der Waals surface area (Å²) in [6.07, 6.45) is 2.07. The largest absolute Gasteiger partial charge is 0.384 e. The highest BCUT2D eigenvalue weighted by atomic mass is 32.2. The molecule has 1 aromatic carbocycles. The van der Waals surface area contributed by atoms with Crippen LogP contribution in [0, 0.1) is 0 Å². The molecule has 18 heavy (non-hydrogen) atoms. The van der Waals surface area contributed by atoms with Gasteiger partial charge >= 0.3 is 0 Å². The molecule has 0 aliphatic carbocycles. The summed E-state index contributed by atoms with van der Waals surface area (Å²) >= 11 is 0. The molecule has 0 aromatic heterocycles. The second-order valence-electron chi connectivity index (χ2n) is 4.43. The molecule has 0 bridgehead atoms. The van der Waals surface area contributed by atoms with Crippen LogP contribution in [0.25, 0.3) is 0 Å². The third-order valence-corrected chi connectivity index (χ3v) is 3.78. The van der Waals surface area contributed by atoms with E-state index in [1.165, 1.54) is 0 Å². The number of carbonyl (C=O) groups is 1. The third-order valence-electron chi connectivity index (χ3n) is 2.84. The number of carbonyl (C=O) groups excluding carboxylic acids is 1. The summed E-state index contributed by atoms with van der Waals surface area (Å²) in [5.41, 5.74) is 2.78. The fraction of sp³-hybridized carbons (Fsp3) is 0.417. The van der Waals surface area contributed by atoms with Crippen LogP contribution in [0.3, 0.4) is 0 Å². The van der Waals surface area contributed by atoms with Crippen molar-refractivity contribution in [1.29, 1.82) is 0 Å². The second kappa shape index (κ2) is 4.97. The number of hydrogen-bond acceptors (Lipinski definition) is 4. The molecule has 0 unspecified atom stereocenters.